The van der Waals surface area contributed by atoms with Crippen molar-refractivity contribution in [3.05, 3.63) is 48.5 Å². The van der Waals surface area contributed by atoms with Crippen molar-refractivity contribution in [3.8, 4) is 16.9 Å². The van der Waals surface area contributed by atoms with Gasteiger partial charge in [-0.3, -0.25) is 0 Å². The largest absolute Gasteiger partial charge is 1.00 e. The van der Waals surface area contributed by atoms with E-state index in [0.29, 0.717) is 5.75 Å². The van der Waals surface area contributed by atoms with Crippen molar-refractivity contribution in [1.29, 1.82) is 0 Å². The summed E-state index contributed by atoms with van der Waals surface area (Å²) in [5, 5.41) is 0. The minimum Gasteiger partial charge on any atom is -0.744 e. The summed E-state index contributed by atoms with van der Waals surface area (Å²) < 4.78 is 37.5. The first-order valence-electron chi connectivity index (χ1n) is 5.21. The topological polar surface area (TPSA) is 66.4 Å². The van der Waals surface area contributed by atoms with Crippen molar-refractivity contribution < 1.29 is 47.3 Å². The molecule has 0 fully saturated rings. The van der Waals surface area contributed by atoms with E-state index in [1.165, 1.54) is 12.1 Å². The first-order valence-corrected chi connectivity index (χ1v) is 6.62. The van der Waals surface area contributed by atoms with E-state index in [1.807, 2.05) is 24.3 Å². The van der Waals surface area contributed by atoms with Crippen LogP contribution in [0, 0.1) is 0 Å². The molecule has 2 aromatic rings. The van der Waals surface area contributed by atoms with Gasteiger partial charge in [-0.2, -0.15) is 0 Å². The van der Waals surface area contributed by atoms with Crippen LogP contribution < -0.4 is 34.3 Å². The molecule has 2 aromatic carbocycles. The van der Waals surface area contributed by atoms with Crippen LogP contribution in [0.1, 0.15) is 0 Å². The van der Waals surface area contributed by atoms with Gasteiger partial charge in [-0.1, -0.05) is 24.3 Å². The van der Waals surface area contributed by atoms with Gasteiger partial charge in [0.15, 0.2) is 0 Å². The monoisotopic (exact) mass is 286 g/mol. The van der Waals surface area contributed by atoms with Gasteiger partial charge in [-0.25, -0.2) is 8.42 Å². The van der Waals surface area contributed by atoms with Gasteiger partial charge in [-0.05, 0) is 35.4 Å². The molecule has 19 heavy (non-hydrogen) atoms. The zero-order valence-electron chi connectivity index (χ0n) is 10.7. The predicted molar refractivity (Wildman–Crippen MR) is 66.4 cm³/mol. The van der Waals surface area contributed by atoms with Crippen molar-refractivity contribution in [2.24, 2.45) is 0 Å². The normalized spacial score (nSPS) is 10.6. The SMILES string of the molecule is COc1cccc(-c2ccc(S(=O)(=O)[O-])cc2)c1.[Na+]. The van der Waals surface area contributed by atoms with Crippen molar-refractivity contribution in [3.63, 3.8) is 0 Å². The van der Waals surface area contributed by atoms with Crippen molar-refractivity contribution in [2.75, 3.05) is 7.11 Å². The van der Waals surface area contributed by atoms with Gasteiger partial charge in [0, 0.05) is 0 Å². The molecule has 0 atom stereocenters. The zero-order valence-corrected chi connectivity index (χ0v) is 13.5. The Balaban J connectivity index is 0.00000180. The maximum Gasteiger partial charge on any atom is 1.00 e. The average Bonchev–Trinajstić information content (AvgIpc) is 2.38. The molecule has 0 aliphatic heterocycles. The molecule has 0 saturated carbocycles. The Bertz CT molecular complexity index is 651. The van der Waals surface area contributed by atoms with E-state index in [4.69, 9.17) is 4.74 Å². The Morgan fingerprint density at radius 2 is 1.63 bits per heavy atom. The summed E-state index contributed by atoms with van der Waals surface area (Å²) in [6, 6.07) is 13.2. The standard InChI is InChI=1S/C13H12O4S.Na/c1-17-12-4-2-3-11(9-12)10-5-7-13(8-6-10)18(14,15)16;/h2-9H,1H3,(H,14,15,16);/q;+1/p-1. The minimum absolute atomic E-state index is 0. The average molecular weight is 286 g/mol. The second-order valence-electron chi connectivity index (χ2n) is 3.71. The molecule has 0 heterocycles. The summed E-state index contributed by atoms with van der Waals surface area (Å²) >= 11 is 0. The molecule has 0 aliphatic carbocycles. The van der Waals surface area contributed by atoms with Crippen molar-refractivity contribution in [2.45, 2.75) is 4.90 Å². The molecule has 4 nitrogen and oxygen atoms in total. The molecular formula is C13H11NaO4S. The summed E-state index contributed by atoms with van der Waals surface area (Å²) in [5.74, 6) is 0.716. The number of ether oxygens (including phenoxy) is 1. The van der Waals surface area contributed by atoms with Crippen LogP contribution in [-0.4, -0.2) is 20.1 Å². The Morgan fingerprint density at radius 3 is 2.16 bits per heavy atom. The molecule has 0 amide bonds. The quantitative estimate of drug-likeness (QED) is 0.551. The second-order valence-corrected chi connectivity index (χ2v) is 5.09. The number of methoxy groups -OCH3 is 1. The van der Waals surface area contributed by atoms with E-state index >= 15 is 0 Å². The van der Waals surface area contributed by atoms with Gasteiger partial charge in [-0.15, -0.1) is 0 Å². The molecule has 94 valence electrons. The summed E-state index contributed by atoms with van der Waals surface area (Å²) in [6.07, 6.45) is 0. The third-order valence-corrected chi connectivity index (χ3v) is 3.40. The minimum atomic E-state index is -4.39. The molecule has 6 heteroatoms. The molecule has 0 N–H and O–H groups in total. The number of hydrogen-bond acceptors (Lipinski definition) is 4. The van der Waals surface area contributed by atoms with Crippen LogP contribution in [0.5, 0.6) is 5.75 Å². The van der Waals surface area contributed by atoms with Crippen LogP contribution >= 0.6 is 0 Å². The molecule has 0 saturated heterocycles. The van der Waals surface area contributed by atoms with Gasteiger partial charge >= 0.3 is 29.6 Å². The van der Waals surface area contributed by atoms with E-state index in [2.05, 4.69) is 0 Å². The molecular weight excluding hydrogens is 275 g/mol. The molecule has 2 rings (SSSR count). The first-order chi connectivity index (χ1) is 8.50. The van der Waals surface area contributed by atoms with Crippen LogP contribution in [0.25, 0.3) is 11.1 Å². The summed E-state index contributed by atoms with van der Waals surface area (Å²) in [7, 11) is -2.81. The Labute approximate surface area is 134 Å². The third kappa shape index (κ3) is 4.06. The Morgan fingerprint density at radius 1 is 1.00 bits per heavy atom. The Hall–Kier alpha value is -0.850. The van der Waals surface area contributed by atoms with Crippen LogP contribution in [0.4, 0.5) is 0 Å². The van der Waals surface area contributed by atoms with Gasteiger partial charge in [0.1, 0.15) is 15.9 Å². The summed E-state index contributed by atoms with van der Waals surface area (Å²) in [4.78, 5) is -0.228. The van der Waals surface area contributed by atoms with Crippen LogP contribution in [0.15, 0.2) is 53.4 Å². The van der Waals surface area contributed by atoms with Crippen LogP contribution in [0.2, 0.25) is 0 Å². The first kappa shape index (κ1) is 16.2. The van der Waals surface area contributed by atoms with Crippen molar-refractivity contribution >= 4 is 10.1 Å². The molecule has 0 bridgehead atoms. The molecule has 0 radical (unpaired) electrons. The fourth-order valence-corrected chi connectivity index (χ4v) is 2.09. The number of rotatable bonds is 3. The number of benzene rings is 2. The van der Waals surface area contributed by atoms with Gasteiger partial charge in [0.05, 0.1) is 12.0 Å². The van der Waals surface area contributed by atoms with E-state index in [0.717, 1.165) is 11.1 Å². The zero-order chi connectivity index (χ0) is 13.2. The van der Waals surface area contributed by atoms with Crippen LogP contribution in [-0.2, 0) is 10.1 Å². The van der Waals surface area contributed by atoms with Crippen molar-refractivity contribution in [1.82, 2.24) is 0 Å². The summed E-state index contributed by atoms with van der Waals surface area (Å²) in [5.41, 5.74) is 1.71. The van der Waals surface area contributed by atoms with Gasteiger partial charge in [0.2, 0.25) is 0 Å². The van der Waals surface area contributed by atoms with E-state index in [1.54, 1.807) is 19.2 Å². The second kappa shape index (κ2) is 6.54. The third-order valence-electron chi connectivity index (χ3n) is 2.55. The Kier molecular flexibility index (Phi) is 5.58. The van der Waals surface area contributed by atoms with E-state index < -0.39 is 10.1 Å². The van der Waals surface area contributed by atoms with Gasteiger partial charge in [0.25, 0.3) is 0 Å². The number of hydrogen-bond donors (Lipinski definition) is 0. The van der Waals surface area contributed by atoms with Crippen LogP contribution in [0.3, 0.4) is 0 Å². The fraction of sp³-hybridized carbons (Fsp3) is 0.0769. The van der Waals surface area contributed by atoms with Gasteiger partial charge < -0.3 is 9.29 Å². The molecule has 0 aliphatic rings. The maximum atomic E-state index is 10.8. The maximum absolute atomic E-state index is 10.8. The molecule has 0 unspecified atom stereocenters. The summed E-state index contributed by atoms with van der Waals surface area (Å²) in [6.45, 7) is 0. The predicted octanol–water partition coefficient (Wildman–Crippen LogP) is -0.730. The molecule has 0 spiro atoms. The smallest absolute Gasteiger partial charge is 0.744 e. The fourth-order valence-electron chi connectivity index (χ4n) is 1.62. The van der Waals surface area contributed by atoms with E-state index in [9.17, 15) is 13.0 Å². The molecule has 0 aromatic heterocycles. The van der Waals surface area contributed by atoms with E-state index in [-0.39, 0.29) is 34.5 Å².